The van der Waals surface area contributed by atoms with Gasteiger partial charge in [0.05, 0.1) is 6.04 Å². The highest BCUT2D eigenvalue weighted by Gasteiger charge is 2.16. The number of benzene rings is 1. The van der Waals surface area contributed by atoms with Crippen LogP contribution in [0.25, 0.3) is 5.65 Å². The third-order valence-electron chi connectivity index (χ3n) is 3.82. The second-order valence-corrected chi connectivity index (χ2v) is 5.47. The summed E-state index contributed by atoms with van der Waals surface area (Å²) in [4.78, 5) is 29.2. The van der Waals surface area contributed by atoms with Crippen LogP contribution in [0.1, 0.15) is 34.5 Å². The van der Waals surface area contributed by atoms with E-state index in [-0.39, 0.29) is 17.2 Å². The first kappa shape index (κ1) is 15.0. The zero-order valence-electron chi connectivity index (χ0n) is 13.0. The third kappa shape index (κ3) is 2.85. The SMILES string of the molecule is Cc1cccn2c(=O)c(C(=O)N[C@@H](C)c3ccccc3)cnc12. The average Bonchev–Trinajstić information content (AvgIpc) is 2.56. The van der Waals surface area contributed by atoms with E-state index in [9.17, 15) is 9.59 Å². The highest BCUT2D eigenvalue weighted by Crippen LogP contribution is 2.12. The van der Waals surface area contributed by atoms with Crippen LogP contribution < -0.4 is 10.9 Å². The summed E-state index contributed by atoms with van der Waals surface area (Å²) in [5.74, 6) is -0.422. The largest absolute Gasteiger partial charge is 0.345 e. The van der Waals surface area contributed by atoms with E-state index in [0.29, 0.717) is 5.65 Å². The lowest BCUT2D eigenvalue weighted by Crippen LogP contribution is -2.33. The standard InChI is InChI=1S/C18H17N3O2/c1-12-7-6-10-21-16(12)19-11-15(18(21)23)17(22)20-13(2)14-8-4-3-5-9-14/h3-11,13H,1-2H3,(H,20,22)/t13-/m0/s1. The molecule has 0 radical (unpaired) electrons. The molecule has 3 rings (SSSR count). The first-order valence-electron chi connectivity index (χ1n) is 7.40. The molecule has 1 amide bonds. The molecule has 1 aromatic carbocycles. The maximum absolute atomic E-state index is 12.5. The van der Waals surface area contributed by atoms with Gasteiger partial charge in [0.2, 0.25) is 0 Å². The van der Waals surface area contributed by atoms with E-state index in [4.69, 9.17) is 0 Å². The van der Waals surface area contributed by atoms with Crippen LogP contribution in [-0.4, -0.2) is 15.3 Å². The fourth-order valence-corrected chi connectivity index (χ4v) is 2.50. The Labute approximate surface area is 133 Å². The summed E-state index contributed by atoms with van der Waals surface area (Å²) in [5.41, 5.74) is 2.09. The summed E-state index contributed by atoms with van der Waals surface area (Å²) in [7, 11) is 0. The molecule has 3 aromatic rings. The highest BCUT2D eigenvalue weighted by molar-refractivity contribution is 5.94. The molecule has 0 unspecified atom stereocenters. The summed E-state index contributed by atoms with van der Waals surface area (Å²) in [6.45, 7) is 3.75. The normalized spacial score (nSPS) is 12.1. The first-order valence-corrected chi connectivity index (χ1v) is 7.40. The number of aromatic nitrogens is 2. The Morgan fingerprint density at radius 2 is 1.91 bits per heavy atom. The number of hydrogen-bond donors (Lipinski definition) is 1. The van der Waals surface area contributed by atoms with Gasteiger partial charge in [-0.15, -0.1) is 0 Å². The van der Waals surface area contributed by atoms with Crippen LogP contribution in [0.4, 0.5) is 0 Å². The molecule has 5 nitrogen and oxygen atoms in total. The van der Waals surface area contributed by atoms with Crippen molar-refractivity contribution in [1.82, 2.24) is 14.7 Å². The van der Waals surface area contributed by atoms with Crippen molar-refractivity contribution in [2.45, 2.75) is 19.9 Å². The molecule has 1 atom stereocenters. The Bertz CT molecular complexity index is 916. The molecule has 1 N–H and O–H groups in total. The van der Waals surface area contributed by atoms with Gasteiger partial charge in [-0.2, -0.15) is 0 Å². The lowest BCUT2D eigenvalue weighted by atomic mass is 10.1. The Kier molecular flexibility index (Phi) is 3.93. The monoisotopic (exact) mass is 307 g/mol. The van der Waals surface area contributed by atoms with Crippen molar-refractivity contribution in [3.8, 4) is 0 Å². The van der Waals surface area contributed by atoms with Crippen LogP contribution in [0, 0.1) is 6.92 Å². The second kappa shape index (κ2) is 6.04. The van der Waals surface area contributed by atoms with Crippen LogP contribution in [0.15, 0.2) is 59.7 Å². The van der Waals surface area contributed by atoms with Gasteiger partial charge in [-0.05, 0) is 31.0 Å². The van der Waals surface area contributed by atoms with Gasteiger partial charge in [0.15, 0.2) is 0 Å². The summed E-state index contributed by atoms with van der Waals surface area (Å²) in [6, 6.07) is 13.0. The quantitative estimate of drug-likeness (QED) is 0.808. The van der Waals surface area contributed by atoms with E-state index in [0.717, 1.165) is 11.1 Å². The molecule has 0 saturated heterocycles. The van der Waals surface area contributed by atoms with Crippen LogP contribution in [0.3, 0.4) is 0 Å². The molecule has 0 saturated carbocycles. The Morgan fingerprint density at radius 1 is 1.17 bits per heavy atom. The number of pyridine rings is 1. The van der Waals surface area contributed by atoms with E-state index >= 15 is 0 Å². The molecule has 2 aromatic heterocycles. The number of carbonyl (C=O) groups is 1. The lowest BCUT2D eigenvalue weighted by molar-refractivity contribution is 0.0938. The van der Waals surface area contributed by atoms with Gasteiger partial charge in [-0.1, -0.05) is 36.4 Å². The number of nitrogens with one attached hydrogen (secondary N) is 1. The van der Waals surface area contributed by atoms with Gasteiger partial charge < -0.3 is 5.32 Å². The Hall–Kier alpha value is -2.95. The number of carbonyl (C=O) groups excluding carboxylic acids is 1. The third-order valence-corrected chi connectivity index (χ3v) is 3.82. The van der Waals surface area contributed by atoms with Crippen LogP contribution in [0.5, 0.6) is 0 Å². The van der Waals surface area contributed by atoms with Crippen molar-refractivity contribution in [3.05, 3.63) is 81.9 Å². The van der Waals surface area contributed by atoms with Gasteiger partial charge in [-0.25, -0.2) is 4.98 Å². The molecule has 0 bridgehead atoms. The summed E-state index contributed by atoms with van der Waals surface area (Å²) < 4.78 is 1.40. The number of rotatable bonds is 3. The molecule has 0 aliphatic heterocycles. The van der Waals surface area contributed by atoms with E-state index in [1.165, 1.54) is 10.6 Å². The van der Waals surface area contributed by atoms with Gasteiger partial charge in [0.1, 0.15) is 11.2 Å². The second-order valence-electron chi connectivity index (χ2n) is 5.47. The Morgan fingerprint density at radius 3 is 2.65 bits per heavy atom. The summed E-state index contributed by atoms with van der Waals surface area (Å²) in [6.07, 6.45) is 2.97. The molecule has 0 aliphatic rings. The van der Waals surface area contributed by atoms with Gasteiger partial charge in [0.25, 0.3) is 11.5 Å². The number of nitrogens with zero attached hydrogens (tertiary/aromatic N) is 2. The molecular weight excluding hydrogens is 290 g/mol. The fourth-order valence-electron chi connectivity index (χ4n) is 2.50. The van der Waals surface area contributed by atoms with Crippen LogP contribution in [-0.2, 0) is 0 Å². The van der Waals surface area contributed by atoms with Crippen molar-refractivity contribution in [2.24, 2.45) is 0 Å². The predicted octanol–water partition coefficient (Wildman–Crippen LogP) is 2.49. The molecule has 2 heterocycles. The topological polar surface area (TPSA) is 63.5 Å². The minimum absolute atomic E-state index is 0.0379. The number of hydrogen-bond acceptors (Lipinski definition) is 3. The number of fused-ring (bicyclic) bond motifs is 1. The Balaban J connectivity index is 1.93. The molecular formula is C18H17N3O2. The fraction of sp³-hybridized carbons (Fsp3) is 0.167. The molecule has 23 heavy (non-hydrogen) atoms. The van der Waals surface area contributed by atoms with Crippen LogP contribution in [0.2, 0.25) is 0 Å². The number of amides is 1. The molecule has 0 spiro atoms. The maximum atomic E-state index is 12.5. The summed E-state index contributed by atoms with van der Waals surface area (Å²) in [5, 5.41) is 2.84. The smallest absolute Gasteiger partial charge is 0.270 e. The summed E-state index contributed by atoms with van der Waals surface area (Å²) >= 11 is 0. The minimum Gasteiger partial charge on any atom is -0.345 e. The zero-order chi connectivity index (χ0) is 16.4. The lowest BCUT2D eigenvalue weighted by Gasteiger charge is -2.14. The number of aryl methyl sites for hydroxylation is 1. The van der Waals surface area contributed by atoms with Crippen molar-refractivity contribution in [1.29, 1.82) is 0 Å². The molecule has 0 aliphatic carbocycles. The highest BCUT2D eigenvalue weighted by atomic mass is 16.2. The van der Waals surface area contributed by atoms with Crippen molar-refractivity contribution >= 4 is 11.6 Å². The van der Waals surface area contributed by atoms with E-state index in [1.807, 2.05) is 50.2 Å². The molecule has 5 heteroatoms. The van der Waals surface area contributed by atoms with E-state index in [1.54, 1.807) is 12.3 Å². The first-order chi connectivity index (χ1) is 11.1. The predicted molar refractivity (Wildman–Crippen MR) is 88.5 cm³/mol. The minimum atomic E-state index is -0.422. The molecule has 116 valence electrons. The van der Waals surface area contributed by atoms with Crippen molar-refractivity contribution in [3.63, 3.8) is 0 Å². The van der Waals surface area contributed by atoms with E-state index in [2.05, 4.69) is 10.3 Å². The van der Waals surface area contributed by atoms with Gasteiger partial charge in [-0.3, -0.25) is 14.0 Å². The van der Waals surface area contributed by atoms with Crippen molar-refractivity contribution < 1.29 is 4.79 Å². The average molecular weight is 307 g/mol. The van der Waals surface area contributed by atoms with E-state index < -0.39 is 5.91 Å². The van der Waals surface area contributed by atoms with Gasteiger partial charge in [0, 0.05) is 12.4 Å². The molecule has 0 fully saturated rings. The van der Waals surface area contributed by atoms with Gasteiger partial charge >= 0.3 is 0 Å². The maximum Gasteiger partial charge on any atom is 0.270 e. The van der Waals surface area contributed by atoms with Crippen LogP contribution >= 0.6 is 0 Å². The van der Waals surface area contributed by atoms with Crippen molar-refractivity contribution in [2.75, 3.05) is 0 Å². The zero-order valence-corrected chi connectivity index (χ0v) is 13.0.